The van der Waals surface area contributed by atoms with E-state index < -0.39 is 0 Å². The van der Waals surface area contributed by atoms with Crippen molar-refractivity contribution in [2.45, 2.75) is 55.4 Å². The number of rotatable bonds is 5. The molecule has 0 heterocycles. The summed E-state index contributed by atoms with van der Waals surface area (Å²) in [6.45, 7) is 16.8. The molecule has 290 valence electrons. The molecule has 58 heavy (non-hydrogen) atoms. The molecule has 0 spiro atoms. The summed E-state index contributed by atoms with van der Waals surface area (Å²) in [7, 11) is 0. The van der Waals surface area contributed by atoms with Gasteiger partial charge in [0.05, 0.1) is 0 Å². The smallest absolute Gasteiger partial charge is 0.0249 e. The Hall–Kier alpha value is -6.68. The van der Waals surface area contributed by atoms with Crippen molar-refractivity contribution in [1.29, 1.82) is 0 Å². The first-order valence-electron chi connectivity index (χ1n) is 20.0. The van der Waals surface area contributed by atoms with Crippen molar-refractivity contribution >= 4 is 24.3 Å². The third-order valence-electron chi connectivity index (χ3n) is 9.14. The minimum atomic E-state index is 1.06. The van der Waals surface area contributed by atoms with Gasteiger partial charge in [-0.15, -0.1) is 0 Å². The summed E-state index contributed by atoms with van der Waals surface area (Å²) in [4.78, 5) is 0. The van der Waals surface area contributed by atoms with E-state index in [0.717, 1.165) is 11.1 Å². The minimum Gasteiger partial charge on any atom is -0.0617 e. The van der Waals surface area contributed by atoms with Crippen LogP contribution in [0.5, 0.6) is 0 Å². The van der Waals surface area contributed by atoms with Gasteiger partial charge in [0, 0.05) is 11.1 Å². The van der Waals surface area contributed by atoms with E-state index in [4.69, 9.17) is 0 Å². The highest BCUT2D eigenvalue weighted by molar-refractivity contribution is 5.69. The molecule has 0 fully saturated rings. The molecule has 7 rings (SSSR count). The SMILES string of the molecule is Cc1ccc(/C=C/C=C/c2ccc(C)cc2)cc1.Cc1ccc(/C=C/c2ccc(C)cc2)cc1.Cc1ccc(C#Cc2ccc(C)cc2)cc1.Cc1ccc(C)cc1. The Morgan fingerprint density at radius 2 is 0.397 bits per heavy atom. The number of allylic oxidation sites excluding steroid dienone is 2. The molecule has 0 bridgehead atoms. The fourth-order valence-electron chi connectivity index (χ4n) is 5.29. The van der Waals surface area contributed by atoms with Crippen LogP contribution in [0.4, 0.5) is 0 Å². The maximum absolute atomic E-state index is 3.16. The van der Waals surface area contributed by atoms with E-state index in [1.54, 1.807) is 0 Å². The topological polar surface area (TPSA) is 0 Å². The molecular weight excluding hydrogens is 697 g/mol. The molecule has 0 aliphatic rings. The van der Waals surface area contributed by atoms with Crippen LogP contribution in [-0.4, -0.2) is 0 Å². The molecular formula is C58H58. The average Bonchev–Trinajstić information content (AvgIpc) is 3.23. The summed E-state index contributed by atoms with van der Waals surface area (Å²) in [5.74, 6) is 6.32. The Labute approximate surface area is 350 Å². The third kappa shape index (κ3) is 17.8. The fraction of sp³-hybridized carbons (Fsp3) is 0.138. The Morgan fingerprint density at radius 1 is 0.224 bits per heavy atom. The van der Waals surface area contributed by atoms with Crippen molar-refractivity contribution in [2.75, 3.05) is 0 Å². The van der Waals surface area contributed by atoms with Crippen LogP contribution in [0.3, 0.4) is 0 Å². The van der Waals surface area contributed by atoms with E-state index in [0.29, 0.717) is 0 Å². The van der Waals surface area contributed by atoms with Gasteiger partial charge in [-0.25, -0.2) is 0 Å². The summed E-state index contributed by atoms with van der Waals surface area (Å²) in [5, 5.41) is 0. The van der Waals surface area contributed by atoms with Crippen molar-refractivity contribution in [1.82, 2.24) is 0 Å². The molecule has 0 radical (unpaired) electrons. The zero-order valence-electron chi connectivity index (χ0n) is 35.6. The molecule has 0 saturated heterocycles. The lowest BCUT2D eigenvalue weighted by Crippen LogP contribution is -1.77. The largest absolute Gasteiger partial charge is 0.0617 e. The number of benzene rings is 7. The van der Waals surface area contributed by atoms with E-state index in [-0.39, 0.29) is 0 Å². The second-order valence-corrected chi connectivity index (χ2v) is 14.8. The van der Waals surface area contributed by atoms with Crippen LogP contribution >= 0.6 is 0 Å². The van der Waals surface area contributed by atoms with Gasteiger partial charge in [0.2, 0.25) is 0 Å². The van der Waals surface area contributed by atoms with Gasteiger partial charge in [-0.1, -0.05) is 238 Å². The first-order chi connectivity index (χ1) is 28.0. The van der Waals surface area contributed by atoms with E-state index in [9.17, 15) is 0 Å². The van der Waals surface area contributed by atoms with E-state index >= 15 is 0 Å². The summed E-state index contributed by atoms with van der Waals surface area (Å²) in [6, 6.07) is 59.1. The van der Waals surface area contributed by atoms with Crippen molar-refractivity contribution < 1.29 is 0 Å². The van der Waals surface area contributed by atoms with Gasteiger partial charge in [0.1, 0.15) is 0 Å². The van der Waals surface area contributed by atoms with Crippen LogP contribution < -0.4 is 0 Å². The number of hydrogen-bond acceptors (Lipinski definition) is 0. The lowest BCUT2D eigenvalue weighted by Gasteiger charge is -1.96. The molecule has 0 saturated carbocycles. The highest BCUT2D eigenvalue weighted by Gasteiger charge is 1.91. The predicted octanol–water partition coefficient (Wildman–Crippen LogP) is 15.5. The maximum Gasteiger partial charge on any atom is 0.0249 e. The van der Waals surface area contributed by atoms with Crippen molar-refractivity contribution in [3.63, 3.8) is 0 Å². The van der Waals surface area contributed by atoms with Crippen LogP contribution in [0.15, 0.2) is 182 Å². The molecule has 0 aromatic heterocycles. The van der Waals surface area contributed by atoms with Gasteiger partial charge < -0.3 is 0 Å². The molecule has 0 aliphatic carbocycles. The van der Waals surface area contributed by atoms with Crippen LogP contribution in [-0.2, 0) is 0 Å². The normalized spacial score (nSPS) is 10.4. The van der Waals surface area contributed by atoms with Crippen molar-refractivity contribution in [3.05, 3.63) is 260 Å². The molecule has 0 unspecified atom stereocenters. The molecule has 0 heteroatoms. The Balaban J connectivity index is 0.000000176. The van der Waals surface area contributed by atoms with Crippen LogP contribution in [0.25, 0.3) is 24.3 Å². The van der Waals surface area contributed by atoms with E-state index in [1.165, 1.54) is 66.8 Å². The quantitative estimate of drug-likeness (QED) is 0.0933. The minimum absolute atomic E-state index is 1.06. The molecule has 0 N–H and O–H groups in total. The molecule has 0 nitrogen and oxygen atoms in total. The zero-order valence-corrected chi connectivity index (χ0v) is 35.6. The van der Waals surface area contributed by atoms with E-state index in [1.807, 2.05) is 0 Å². The highest BCUT2D eigenvalue weighted by Crippen LogP contribution is 2.11. The van der Waals surface area contributed by atoms with Gasteiger partial charge >= 0.3 is 0 Å². The molecule has 0 amide bonds. The molecule has 0 aliphatic heterocycles. The summed E-state index contributed by atoms with van der Waals surface area (Å²) in [6.07, 6.45) is 12.7. The van der Waals surface area contributed by atoms with Crippen LogP contribution in [0.1, 0.15) is 77.9 Å². The second kappa shape index (κ2) is 24.1. The van der Waals surface area contributed by atoms with Crippen molar-refractivity contribution in [2.24, 2.45) is 0 Å². The zero-order chi connectivity index (χ0) is 41.5. The first-order valence-corrected chi connectivity index (χ1v) is 20.0. The standard InChI is InChI=1S/C18H18.C16H16.C16H14.C8H10/c1-15-7-11-17(12-8-15)5-3-4-6-18-13-9-16(2)10-14-18;2*1-13-3-7-15(8-4-13)11-12-16-9-5-14(2)6-10-16;1-7-3-5-8(2)6-4-7/h3-14H,1-2H3;3-12H,1-2H3;3-10H,1-2H3;3-6H,1-2H3/b5-3+,6-4+;12-11+;;. The molecule has 7 aromatic rings. The van der Waals surface area contributed by atoms with Gasteiger partial charge in [-0.3, -0.25) is 0 Å². The lowest BCUT2D eigenvalue weighted by molar-refractivity contribution is 1.40. The van der Waals surface area contributed by atoms with Crippen LogP contribution in [0, 0.1) is 67.2 Å². The Morgan fingerprint density at radius 3 is 0.621 bits per heavy atom. The summed E-state index contributed by atoms with van der Waals surface area (Å²) < 4.78 is 0. The third-order valence-corrected chi connectivity index (χ3v) is 9.14. The number of hydrogen-bond donors (Lipinski definition) is 0. The van der Waals surface area contributed by atoms with Gasteiger partial charge in [-0.05, 0) is 102 Å². The number of aryl methyl sites for hydroxylation is 8. The summed E-state index contributed by atoms with van der Waals surface area (Å²) >= 11 is 0. The maximum atomic E-state index is 3.16. The fourth-order valence-corrected chi connectivity index (χ4v) is 5.29. The Bertz CT molecular complexity index is 2200. The lowest BCUT2D eigenvalue weighted by atomic mass is 10.1. The second-order valence-electron chi connectivity index (χ2n) is 14.8. The molecule has 7 aromatic carbocycles. The monoisotopic (exact) mass is 754 g/mol. The average molecular weight is 755 g/mol. The van der Waals surface area contributed by atoms with E-state index in [2.05, 4.69) is 274 Å². The highest BCUT2D eigenvalue weighted by atomic mass is 14.0. The van der Waals surface area contributed by atoms with Gasteiger partial charge in [-0.2, -0.15) is 0 Å². The summed E-state index contributed by atoms with van der Waals surface area (Å²) in [5.41, 5.74) is 17.4. The Kier molecular flexibility index (Phi) is 18.3. The van der Waals surface area contributed by atoms with Gasteiger partial charge in [0.25, 0.3) is 0 Å². The van der Waals surface area contributed by atoms with Crippen molar-refractivity contribution in [3.8, 4) is 11.8 Å². The predicted molar refractivity (Wildman–Crippen MR) is 256 cm³/mol. The van der Waals surface area contributed by atoms with Crippen LogP contribution in [0.2, 0.25) is 0 Å². The van der Waals surface area contributed by atoms with Gasteiger partial charge in [0.15, 0.2) is 0 Å². The molecule has 0 atom stereocenters. The first kappa shape index (κ1) is 44.0.